The van der Waals surface area contributed by atoms with Crippen LogP contribution in [0.5, 0.6) is 0 Å². The zero-order valence-electron chi connectivity index (χ0n) is 6.71. The first-order chi connectivity index (χ1) is 5.84. The number of primary sulfonamides is 1. The van der Waals surface area contributed by atoms with Crippen LogP contribution in [0.3, 0.4) is 0 Å². The zero-order chi connectivity index (χ0) is 10.2. The number of benzene rings is 1. The van der Waals surface area contributed by atoms with E-state index in [0.717, 1.165) is 0 Å². The molecular formula is C7H7Br2NO2S. The molecule has 0 amide bonds. The van der Waals surface area contributed by atoms with Crippen molar-refractivity contribution < 1.29 is 8.42 Å². The lowest BCUT2D eigenvalue weighted by atomic mass is 10.2. The average Bonchev–Trinajstić information content (AvgIpc) is 1.95. The molecule has 0 saturated heterocycles. The second-order valence-corrected chi connectivity index (χ2v) is 5.70. The van der Waals surface area contributed by atoms with Gasteiger partial charge in [-0.05, 0) is 50.4 Å². The molecule has 0 atom stereocenters. The highest BCUT2D eigenvalue weighted by Crippen LogP contribution is 2.31. The van der Waals surface area contributed by atoms with Gasteiger partial charge in [0.2, 0.25) is 10.0 Å². The summed E-state index contributed by atoms with van der Waals surface area (Å²) in [6, 6.07) is 3.45. The Morgan fingerprint density at radius 3 is 2.23 bits per heavy atom. The molecule has 72 valence electrons. The van der Waals surface area contributed by atoms with Crippen LogP contribution in [0.1, 0.15) is 5.56 Å². The van der Waals surface area contributed by atoms with E-state index in [1.54, 1.807) is 19.1 Å². The molecule has 0 bridgehead atoms. The van der Waals surface area contributed by atoms with E-state index in [9.17, 15) is 8.42 Å². The van der Waals surface area contributed by atoms with Crippen molar-refractivity contribution in [2.75, 3.05) is 0 Å². The SMILES string of the molecule is Cc1ccc(Br)c(Br)c1S(N)(=O)=O. The first-order valence-corrected chi connectivity index (χ1v) is 6.44. The lowest BCUT2D eigenvalue weighted by Crippen LogP contribution is -2.14. The second kappa shape index (κ2) is 3.68. The number of nitrogens with two attached hydrogens (primary N) is 1. The van der Waals surface area contributed by atoms with Gasteiger partial charge in [-0.25, -0.2) is 13.6 Å². The van der Waals surface area contributed by atoms with Gasteiger partial charge in [0, 0.05) is 4.47 Å². The van der Waals surface area contributed by atoms with Crippen LogP contribution in [0.25, 0.3) is 0 Å². The highest BCUT2D eigenvalue weighted by molar-refractivity contribution is 9.13. The maximum atomic E-state index is 11.2. The summed E-state index contributed by atoms with van der Waals surface area (Å²) < 4.78 is 23.4. The topological polar surface area (TPSA) is 60.2 Å². The maximum absolute atomic E-state index is 11.2. The second-order valence-electron chi connectivity index (χ2n) is 2.55. The Hall–Kier alpha value is 0.0900. The van der Waals surface area contributed by atoms with E-state index in [1.165, 1.54) is 0 Å². The van der Waals surface area contributed by atoms with Crippen LogP contribution in [0.4, 0.5) is 0 Å². The van der Waals surface area contributed by atoms with E-state index in [1.807, 2.05) is 0 Å². The van der Waals surface area contributed by atoms with Crippen molar-refractivity contribution in [3.05, 3.63) is 26.6 Å². The molecule has 6 heteroatoms. The molecule has 0 aliphatic rings. The minimum absolute atomic E-state index is 0.127. The van der Waals surface area contributed by atoms with E-state index in [4.69, 9.17) is 5.14 Å². The van der Waals surface area contributed by atoms with Crippen LogP contribution < -0.4 is 5.14 Å². The average molecular weight is 329 g/mol. The molecule has 2 N–H and O–H groups in total. The van der Waals surface area contributed by atoms with E-state index >= 15 is 0 Å². The lowest BCUT2D eigenvalue weighted by Gasteiger charge is -2.06. The van der Waals surface area contributed by atoms with E-state index < -0.39 is 10.0 Å². The quantitative estimate of drug-likeness (QED) is 0.858. The molecule has 1 aromatic carbocycles. The van der Waals surface area contributed by atoms with Gasteiger partial charge in [-0.15, -0.1) is 0 Å². The van der Waals surface area contributed by atoms with Gasteiger partial charge in [-0.2, -0.15) is 0 Å². The molecule has 0 unspecified atom stereocenters. The lowest BCUT2D eigenvalue weighted by molar-refractivity contribution is 0.596. The summed E-state index contributed by atoms with van der Waals surface area (Å²) in [5, 5.41) is 5.05. The third-order valence-electron chi connectivity index (χ3n) is 1.53. The molecule has 0 saturated carbocycles. The van der Waals surface area contributed by atoms with Crippen molar-refractivity contribution in [1.82, 2.24) is 0 Å². The Morgan fingerprint density at radius 2 is 1.85 bits per heavy atom. The number of aryl methyl sites for hydroxylation is 1. The van der Waals surface area contributed by atoms with Crippen molar-refractivity contribution >= 4 is 41.9 Å². The van der Waals surface area contributed by atoms with Crippen molar-refractivity contribution in [2.24, 2.45) is 5.14 Å². The van der Waals surface area contributed by atoms with E-state index in [2.05, 4.69) is 31.9 Å². The number of rotatable bonds is 1. The normalized spacial score (nSPS) is 11.7. The van der Waals surface area contributed by atoms with Gasteiger partial charge in [0.25, 0.3) is 0 Å². The first kappa shape index (κ1) is 11.2. The summed E-state index contributed by atoms with van der Waals surface area (Å²) in [6.45, 7) is 1.69. The molecule has 1 rings (SSSR count). The molecule has 0 aliphatic carbocycles. The molecule has 1 aromatic rings. The first-order valence-electron chi connectivity index (χ1n) is 3.31. The van der Waals surface area contributed by atoms with Crippen molar-refractivity contribution in [3.63, 3.8) is 0 Å². The number of hydrogen-bond donors (Lipinski definition) is 1. The van der Waals surface area contributed by atoms with Gasteiger partial charge in [0.05, 0.1) is 9.37 Å². The van der Waals surface area contributed by atoms with Gasteiger partial charge in [0.15, 0.2) is 0 Å². The van der Waals surface area contributed by atoms with Gasteiger partial charge in [-0.3, -0.25) is 0 Å². The van der Waals surface area contributed by atoms with Crippen molar-refractivity contribution in [1.29, 1.82) is 0 Å². The Bertz CT molecular complexity index is 442. The van der Waals surface area contributed by atoms with Gasteiger partial charge in [-0.1, -0.05) is 6.07 Å². The summed E-state index contributed by atoms with van der Waals surface area (Å²) in [6.07, 6.45) is 0. The van der Waals surface area contributed by atoms with Crippen LogP contribution in [0.15, 0.2) is 26.0 Å². The summed E-state index contributed by atoms with van der Waals surface area (Å²) >= 11 is 6.37. The molecule has 0 aromatic heterocycles. The number of hydrogen-bond acceptors (Lipinski definition) is 2. The maximum Gasteiger partial charge on any atom is 0.239 e. The van der Waals surface area contributed by atoms with Crippen LogP contribution in [0.2, 0.25) is 0 Å². The monoisotopic (exact) mass is 327 g/mol. The molecule has 3 nitrogen and oxygen atoms in total. The molecule has 0 aliphatic heterocycles. The van der Waals surface area contributed by atoms with Gasteiger partial charge >= 0.3 is 0 Å². The zero-order valence-corrected chi connectivity index (χ0v) is 10.7. The van der Waals surface area contributed by atoms with Crippen LogP contribution in [-0.2, 0) is 10.0 Å². The third kappa shape index (κ3) is 2.31. The third-order valence-corrected chi connectivity index (χ3v) is 4.91. The summed E-state index contributed by atoms with van der Waals surface area (Å²) in [4.78, 5) is 0.127. The predicted molar refractivity (Wildman–Crippen MR) is 58.0 cm³/mol. The highest BCUT2D eigenvalue weighted by atomic mass is 79.9. The molecule has 0 spiro atoms. The van der Waals surface area contributed by atoms with Crippen molar-refractivity contribution in [3.8, 4) is 0 Å². The van der Waals surface area contributed by atoms with E-state index in [0.29, 0.717) is 14.5 Å². The van der Waals surface area contributed by atoms with Gasteiger partial charge in [0.1, 0.15) is 0 Å². The minimum Gasteiger partial charge on any atom is -0.225 e. The van der Waals surface area contributed by atoms with Crippen LogP contribution in [0, 0.1) is 6.92 Å². The van der Waals surface area contributed by atoms with Gasteiger partial charge < -0.3 is 0 Å². The van der Waals surface area contributed by atoms with Crippen molar-refractivity contribution in [2.45, 2.75) is 11.8 Å². The Morgan fingerprint density at radius 1 is 1.31 bits per heavy atom. The molecule has 0 heterocycles. The Balaban J connectivity index is 3.62. The summed E-state index contributed by atoms with van der Waals surface area (Å²) in [5.41, 5.74) is 0.623. The largest absolute Gasteiger partial charge is 0.239 e. The molecule has 0 fully saturated rings. The number of sulfonamides is 1. The number of halogens is 2. The fourth-order valence-corrected chi connectivity index (χ4v) is 3.44. The highest BCUT2D eigenvalue weighted by Gasteiger charge is 2.17. The summed E-state index contributed by atoms with van der Waals surface area (Å²) in [7, 11) is -3.66. The Labute approximate surface area is 93.6 Å². The van der Waals surface area contributed by atoms with Crippen LogP contribution in [-0.4, -0.2) is 8.42 Å². The fourth-order valence-electron chi connectivity index (χ4n) is 0.978. The summed E-state index contributed by atoms with van der Waals surface area (Å²) in [5.74, 6) is 0. The molecular weight excluding hydrogens is 322 g/mol. The Kier molecular flexibility index (Phi) is 3.16. The fraction of sp³-hybridized carbons (Fsp3) is 0.143. The molecule has 13 heavy (non-hydrogen) atoms. The minimum atomic E-state index is -3.66. The molecule has 0 radical (unpaired) electrons. The smallest absolute Gasteiger partial charge is 0.225 e. The van der Waals surface area contributed by atoms with E-state index in [-0.39, 0.29) is 4.90 Å². The predicted octanol–water partition coefficient (Wildman–Crippen LogP) is 2.17. The van der Waals surface area contributed by atoms with Crippen LogP contribution >= 0.6 is 31.9 Å². The standard InChI is InChI=1S/C7H7Br2NO2S/c1-4-2-3-5(8)6(9)7(4)13(10,11)12/h2-3H,1H3,(H2,10,11,12).